The van der Waals surface area contributed by atoms with Gasteiger partial charge >= 0.3 is 0 Å². The van der Waals surface area contributed by atoms with Crippen molar-refractivity contribution in [3.63, 3.8) is 0 Å². The van der Waals surface area contributed by atoms with Gasteiger partial charge in [0.25, 0.3) is 5.56 Å². The molecule has 0 N–H and O–H groups in total. The van der Waals surface area contributed by atoms with Crippen molar-refractivity contribution in [1.29, 1.82) is 0 Å². The average molecular weight is 393 g/mol. The normalized spacial score (nSPS) is 17.4. The quantitative estimate of drug-likeness (QED) is 0.683. The van der Waals surface area contributed by atoms with Gasteiger partial charge in [-0.1, -0.05) is 0 Å². The van der Waals surface area contributed by atoms with Gasteiger partial charge in [-0.15, -0.1) is 0 Å². The summed E-state index contributed by atoms with van der Waals surface area (Å²) < 4.78 is 3.86. The molecule has 5 rings (SSSR count). The van der Waals surface area contributed by atoms with Gasteiger partial charge in [-0.05, 0) is 44.9 Å². The summed E-state index contributed by atoms with van der Waals surface area (Å²) in [4.78, 5) is 22.1. The van der Waals surface area contributed by atoms with Gasteiger partial charge in [0.15, 0.2) is 0 Å². The van der Waals surface area contributed by atoms with Crippen LogP contribution in [0.3, 0.4) is 0 Å². The van der Waals surface area contributed by atoms with Crippen molar-refractivity contribution in [3.8, 4) is 0 Å². The lowest BCUT2D eigenvalue weighted by Crippen LogP contribution is -2.46. The van der Waals surface area contributed by atoms with Crippen LogP contribution in [0.2, 0.25) is 0 Å². The van der Waals surface area contributed by atoms with E-state index in [9.17, 15) is 4.79 Å². The summed E-state index contributed by atoms with van der Waals surface area (Å²) in [6, 6.07) is 6.17. The highest BCUT2D eigenvalue weighted by Crippen LogP contribution is 2.23. The molecular weight excluding hydrogens is 364 g/mol. The van der Waals surface area contributed by atoms with E-state index < -0.39 is 0 Å². The maximum Gasteiger partial charge on any atom is 0.261 e. The number of hydrogen-bond acceptors (Lipinski definition) is 5. The summed E-state index contributed by atoms with van der Waals surface area (Å²) in [5.41, 5.74) is 4.79. The van der Waals surface area contributed by atoms with Gasteiger partial charge in [0.1, 0.15) is 0 Å². The van der Waals surface area contributed by atoms with Crippen molar-refractivity contribution in [2.45, 2.75) is 45.8 Å². The predicted octanol–water partition coefficient (Wildman–Crippen LogP) is 2.44. The molecule has 2 aromatic heterocycles. The Morgan fingerprint density at radius 3 is 2.72 bits per heavy atom. The molecule has 0 atom stereocenters. The number of hydrogen-bond donors (Lipinski definition) is 0. The molecule has 0 amide bonds. The van der Waals surface area contributed by atoms with E-state index in [0.29, 0.717) is 5.39 Å². The molecule has 152 valence electrons. The molecule has 0 aliphatic carbocycles. The van der Waals surface area contributed by atoms with Crippen LogP contribution in [0.5, 0.6) is 0 Å². The number of aryl methyl sites for hydroxylation is 1. The first-order valence-corrected chi connectivity index (χ1v) is 10.6. The summed E-state index contributed by atoms with van der Waals surface area (Å²) in [5.74, 6) is 0. The Hall–Kier alpha value is -2.67. The molecule has 4 heterocycles. The molecule has 1 fully saturated rings. The standard InChI is InChI=1S/C22H28N6O/c1-16(2)27-15-23-20-12-18(5-6-19(20)22(27)29)26-10-8-25(9-11-26)14-17-13-24-28-7-3-4-21(17)28/h5-6,12-13,15-16H,3-4,7-11,14H2,1-2H3. The van der Waals surface area contributed by atoms with Gasteiger partial charge in [-0.2, -0.15) is 5.10 Å². The van der Waals surface area contributed by atoms with Gasteiger partial charge < -0.3 is 4.90 Å². The minimum Gasteiger partial charge on any atom is -0.369 e. The van der Waals surface area contributed by atoms with Crippen LogP contribution >= 0.6 is 0 Å². The Balaban J connectivity index is 1.28. The molecule has 1 saturated heterocycles. The van der Waals surface area contributed by atoms with E-state index in [0.717, 1.165) is 56.9 Å². The lowest BCUT2D eigenvalue weighted by molar-refractivity contribution is 0.249. The third-order valence-electron chi connectivity index (χ3n) is 6.27. The van der Waals surface area contributed by atoms with Crippen molar-refractivity contribution in [3.05, 3.63) is 52.3 Å². The van der Waals surface area contributed by atoms with E-state index in [1.54, 1.807) is 10.9 Å². The van der Waals surface area contributed by atoms with E-state index >= 15 is 0 Å². The largest absolute Gasteiger partial charge is 0.369 e. The van der Waals surface area contributed by atoms with Crippen molar-refractivity contribution >= 4 is 16.6 Å². The Kier molecular flexibility index (Phi) is 4.62. The molecule has 0 saturated carbocycles. The highest BCUT2D eigenvalue weighted by atomic mass is 16.1. The van der Waals surface area contributed by atoms with Crippen molar-refractivity contribution in [2.24, 2.45) is 0 Å². The van der Waals surface area contributed by atoms with Gasteiger partial charge in [0.2, 0.25) is 0 Å². The predicted molar refractivity (Wildman–Crippen MR) is 114 cm³/mol. The molecule has 2 aliphatic rings. The average Bonchev–Trinajstić information content (AvgIpc) is 3.33. The summed E-state index contributed by atoms with van der Waals surface area (Å²) >= 11 is 0. The van der Waals surface area contributed by atoms with E-state index in [1.165, 1.54) is 17.7 Å². The molecule has 0 unspecified atom stereocenters. The zero-order chi connectivity index (χ0) is 20.0. The van der Waals surface area contributed by atoms with Crippen molar-refractivity contribution in [1.82, 2.24) is 24.2 Å². The highest BCUT2D eigenvalue weighted by molar-refractivity contribution is 5.81. The number of benzene rings is 1. The molecule has 1 aromatic carbocycles. The van der Waals surface area contributed by atoms with E-state index in [2.05, 4.69) is 42.9 Å². The maximum absolute atomic E-state index is 12.6. The lowest BCUT2D eigenvalue weighted by Gasteiger charge is -2.36. The molecule has 2 aliphatic heterocycles. The van der Waals surface area contributed by atoms with Gasteiger partial charge in [-0.3, -0.25) is 18.9 Å². The molecule has 3 aromatic rings. The maximum atomic E-state index is 12.6. The van der Waals surface area contributed by atoms with Crippen LogP contribution in [0.25, 0.3) is 10.9 Å². The Morgan fingerprint density at radius 1 is 1.10 bits per heavy atom. The van der Waals surface area contributed by atoms with Gasteiger partial charge in [-0.25, -0.2) is 4.98 Å². The summed E-state index contributed by atoms with van der Waals surface area (Å²) in [5, 5.41) is 5.22. The lowest BCUT2D eigenvalue weighted by atomic mass is 10.1. The second-order valence-corrected chi connectivity index (χ2v) is 8.46. The van der Waals surface area contributed by atoms with E-state index in [1.807, 2.05) is 19.9 Å². The molecule has 29 heavy (non-hydrogen) atoms. The zero-order valence-electron chi connectivity index (χ0n) is 17.2. The van der Waals surface area contributed by atoms with Crippen molar-refractivity contribution in [2.75, 3.05) is 31.1 Å². The van der Waals surface area contributed by atoms with Crippen LogP contribution in [0.4, 0.5) is 5.69 Å². The topological polar surface area (TPSA) is 59.2 Å². The van der Waals surface area contributed by atoms with Crippen molar-refractivity contribution < 1.29 is 0 Å². The first-order valence-electron chi connectivity index (χ1n) is 10.6. The number of rotatable bonds is 4. The van der Waals surface area contributed by atoms with Crippen LogP contribution < -0.4 is 10.5 Å². The fraction of sp³-hybridized carbons (Fsp3) is 0.500. The molecule has 7 heteroatoms. The Labute approximate surface area is 170 Å². The number of aromatic nitrogens is 4. The Bertz CT molecular complexity index is 1090. The van der Waals surface area contributed by atoms with Crippen LogP contribution in [0.1, 0.15) is 37.6 Å². The fourth-order valence-electron chi connectivity index (χ4n) is 4.55. The van der Waals surface area contributed by atoms with Gasteiger partial charge in [0, 0.05) is 62.3 Å². The van der Waals surface area contributed by atoms with Crippen LogP contribution in [-0.4, -0.2) is 50.4 Å². The summed E-state index contributed by atoms with van der Waals surface area (Å²) in [6.07, 6.45) is 6.11. The summed E-state index contributed by atoms with van der Waals surface area (Å²) in [6.45, 7) is 10.1. The second kappa shape index (κ2) is 7.30. The molecule has 7 nitrogen and oxygen atoms in total. The summed E-state index contributed by atoms with van der Waals surface area (Å²) in [7, 11) is 0. The van der Waals surface area contributed by atoms with Crippen LogP contribution in [0, 0.1) is 0 Å². The highest BCUT2D eigenvalue weighted by Gasteiger charge is 2.22. The first-order chi connectivity index (χ1) is 14.1. The minimum atomic E-state index is 0.0371. The second-order valence-electron chi connectivity index (χ2n) is 8.46. The molecule has 0 radical (unpaired) electrons. The monoisotopic (exact) mass is 392 g/mol. The fourth-order valence-corrected chi connectivity index (χ4v) is 4.55. The van der Waals surface area contributed by atoms with E-state index in [-0.39, 0.29) is 11.6 Å². The molecule has 0 bridgehead atoms. The third kappa shape index (κ3) is 3.33. The van der Waals surface area contributed by atoms with E-state index in [4.69, 9.17) is 0 Å². The Morgan fingerprint density at radius 2 is 1.93 bits per heavy atom. The number of nitrogens with zero attached hydrogens (tertiary/aromatic N) is 6. The number of piperazine rings is 1. The SMILES string of the molecule is CC(C)n1cnc2cc(N3CCN(Cc4cnn5c4CCC5)CC3)ccc2c1=O. The van der Waals surface area contributed by atoms with Crippen LogP contribution in [-0.2, 0) is 19.5 Å². The number of anilines is 1. The zero-order valence-corrected chi connectivity index (χ0v) is 17.2. The molecular formula is C22H28N6O. The first kappa shape index (κ1) is 18.4. The minimum absolute atomic E-state index is 0.0371. The number of fused-ring (bicyclic) bond motifs is 2. The van der Waals surface area contributed by atoms with Crippen LogP contribution in [0.15, 0.2) is 35.5 Å². The van der Waals surface area contributed by atoms with Gasteiger partial charge in [0.05, 0.1) is 23.4 Å². The third-order valence-corrected chi connectivity index (χ3v) is 6.27. The molecule has 0 spiro atoms. The smallest absolute Gasteiger partial charge is 0.261 e.